The quantitative estimate of drug-likeness (QED) is 0.250. The molecule has 0 aliphatic rings. The maximum absolute atomic E-state index is 4.95. The Balaban J connectivity index is -0.000000126. The van der Waals surface area contributed by atoms with Crippen molar-refractivity contribution in [3.8, 4) is 0 Å². The largest absolute Gasteiger partial charge is 1.00 e. The standard InChI is InChI=1S/C6H14.C5H7.Li/c1-3-5-6-4-2;1-4-5(2)3;/h3-6H2,1-2H3;1,4H,2H2,3H3;/q;-1;+1. The van der Waals surface area contributed by atoms with E-state index in [1.165, 1.54) is 31.8 Å². The molecule has 0 amide bonds. The second-order valence-electron chi connectivity index (χ2n) is 2.72. The summed E-state index contributed by atoms with van der Waals surface area (Å²) >= 11 is 0. The number of allylic oxidation sites excluding steroid dienone is 2. The molecule has 0 nitrogen and oxygen atoms in total. The molecule has 0 unspecified atom stereocenters. The molecular weight excluding hydrogens is 139 g/mol. The van der Waals surface area contributed by atoms with E-state index in [0.717, 1.165) is 5.57 Å². The van der Waals surface area contributed by atoms with Crippen LogP contribution in [-0.2, 0) is 0 Å². The average Bonchev–Trinajstić information content (AvgIpc) is 2.02. The monoisotopic (exact) mass is 160 g/mol. The van der Waals surface area contributed by atoms with E-state index in [-0.39, 0.29) is 18.9 Å². The predicted octanol–water partition coefficient (Wildman–Crippen LogP) is 1.14. The summed E-state index contributed by atoms with van der Waals surface area (Å²) in [5, 5.41) is 0. The Morgan fingerprint density at radius 1 is 1.25 bits per heavy atom. The summed E-state index contributed by atoms with van der Waals surface area (Å²) < 4.78 is 0. The van der Waals surface area contributed by atoms with Crippen molar-refractivity contribution in [2.75, 3.05) is 0 Å². The van der Waals surface area contributed by atoms with Gasteiger partial charge in [-0.15, -0.1) is 6.92 Å². The molecule has 12 heavy (non-hydrogen) atoms. The van der Waals surface area contributed by atoms with Crippen molar-refractivity contribution >= 4 is 0 Å². The Kier molecular flexibility index (Phi) is 25.8. The summed E-state index contributed by atoms with van der Waals surface area (Å²) in [6.45, 7) is 14.8. The van der Waals surface area contributed by atoms with E-state index >= 15 is 0 Å². The molecule has 0 aromatic rings. The zero-order valence-corrected chi connectivity index (χ0v) is 9.19. The zero-order chi connectivity index (χ0) is 9.11. The number of rotatable bonds is 4. The molecule has 0 aromatic heterocycles. The predicted molar refractivity (Wildman–Crippen MR) is 53.5 cm³/mol. The van der Waals surface area contributed by atoms with Crippen molar-refractivity contribution in [1.82, 2.24) is 0 Å². The maximum atomic E-state index is 4.95. The van der Waals surface area contributed by atoms with Gasteiger partial charge in [0.05, 0.1) is 0 Å². The number of hydrogen-bond donors (Lipinski definition) is 0. The van der Waals surface area contributed by atoms with Crippen LogP contribution in [0.1, 0.15) is 46.5 Å². The minimum Gasteiger partial charge on any atom is -0.293 e. The summed E-state index contributed by atoms with van der Waals surface area (Å²) in [4.78, 5) is 0. The minimum absolute atomic E-state index is 0. The van der Waals surface area contributed by atoms with E-state index in [0.29, 0.717) is 0 Å². The van der Waals surface area contributed by atoms with Crippen LogP contribution in [0.5, 0.6) is 0 Å². The van der Waals surface area contributed by atoms with Gasteiger partial charge < -0.3 is 0 Å². The summed E-state index contributed by atoms with van der Waals surface area (Å²) in [5.74, 6) is 0. The number of unbranched alkanes of at least 4 members (excludes halogenated alkanes) is 3. The fourth-order valence-electron chi connectivity index (χ4n) is 0.500. The van der Waals surface area contributed by atoms with Gasteiger partial charge in [-0.1, -0.05) is 39.5 Å². The summed E-state index contributed by atoms with van der Waals surface area (Å²) in [5.41, 5.74) is 0.907. The van der Waals surface area contributed by atoms with Gasteiger partial charge in [-0.05, 0) is 0 Å². The first-order valence-electron chi connectivity index (χ1n) is 4.39. The molecule has 0 aliphatic carbocycles. The summed E-state index contributed by atoms with van der Waals surface area (Å²) in [6.07, 6.45) is 7.01. The SMILES string of the molecule is CCCCCC.[CH-]=CC(=C)C.[Li+]. The molecule has 1 heteroatoms. The van der Waals surface area contributed by atoms with Gasteiger partial charge in [-0.3, -0.25) is 6.58 Å². The zero-order valence-electron chi connectivity index (χ0n) is 9.19. The van der Waals surface area contributed by atoms with Crippen molar-refractivity contribution in [2.24, 2.45) is 0 Å². The molecule has 0 spiro atoms. The van der Waals surface area contributed by atoms with Crippen LogP contribution in [0.3, 0.4) is 0 Å². The van der Waals surface area contributed by atoms with Gasteiger partial charge in [0, 0.05) is 0 Å². The van der Waals surface area contributed by atoms with Crippen LogP contribution in [0, 0.1) is 6.58 Å². The van der Waals surface area contributed by atoms with Crippen molar-refractivity contribution in [3.63, 3.8) is 0 Å². The molecule has 0 N–H and O–H groups in total. The summed E-state index contributed by atoms with van der Waals surface area (Å²) in [6, 6.07) is 0. The van der Waals surface area contributed by atoms with Crippen LogP contribution in [-0.4, -0.2) is 0 Å². The summed E-state index contributed by atoms with van der Waals surface area (Å²) in [7, 11) is 0. The Morgan fingerprint density at radius 2 is 1.50 bits per heavy atom. The molecule has 0 bridgehead atoms. The van der Waals surface area contributed by atoms with Crippen molar-refractivity contribution in [1.29, 1.82) is 0 Å². The van der Waals surface area contributed by atoms with E-state index < -0.39 is 0 Å². The van der Waals surface area contributed by atoms with Crippen molar-refractivity contribution < 1.29 is 18.9 Å². The van der Waals surface area contributed by atoms with Gasteiger partial charge in [0.25, 0.3) is 0 Å². The second kappa shape index (κ2) is 17.2. The van der Waals surface area contributed by atoms with E-state index in [4.69, 9.17) is 6.58 Å². The molecule has 0 aliphatic heterocycles. The van der Waals surface area contributed by atoms with Crippen LogP contribution < -0.4 is 18.9 Å². The minimum atomic E-state index is 0. The fraction of sp³-hybridized carbons (Fsp3) is 0.636. The Bertz CT molecular complexity index is 91.2. The third-order valence-electron chi connectivity index (χ3n) is 1.24. The Morgan fingerprint density at radius 3 is 1.58 bits per heavy atom. The van der Waals surface area contributed by atoms with Gasteiger partial charge >= 0.3 is 18.9 Å². The van der Waals surface area contributed by atoms with Gasteiger partial charge in [-0.2, -0.15) is 6.58 Å². The van der Waals surface area contributed by atoms with Crippen LogP contribution in [0.4, 0.5) is 0 Å². The number of hydrogen-bond acceptors (Lipinski definition) is 0. The van der Waals surface area contributed by atoms with Crippen LogP contribution >= 0.6 is 0 Å². The van der Waals surface area contributed by atoms with E-state index in [9.17, 15) is 0 Å². The second-order valence-corrected chi connectivity index (χ2v) is 2.72. The Hall–Kier alpha value is 0.0774. The van der Waals surface area contributed by atoms with Gasteiger partial charge in [0.1, 0.15) is 0 Å². The van der Waals surface area contributed by atoms with Crippen molar-refractivity contribution in [3.05, 3.63) is 24.8 Å². The molecular formula is C11H21Li. The molecule has 0 atom stereocenters. The first-order chi connectivity index (χ1) is 5.18. The van der Waals surface area contributed by atoms with E-state index in [2.05, 4.69) is 20.4 Å². The normalized spacial score (nSPS) is 7.25. The molecule has 66 valence electrons. The topological polar surface area (TPSA) is 0 Å². The van der Waals surface area contributed by atoms with E-state index in [1.54, 1.807) is 0 Å². The molecule has 0 saturated carbocycles. The average molecular weight is 160 g/mol. The third kappa shape index (κ3) is 32.2. The third-order valence-corrected chi connectivity index (χ3v) is 1.24. The molecule has 0 rings (SSSR count). The molecule has 0 saturated heterocycles. The maximum Gasteiger partial charge on any atom is 1.00 e. The molecule has 0 fully saturated rings. The van der Waals surface area contributed by atoms with Gasteiger partial charge in [0.15, 0.2) is 0 Å². The van der Waals surface area contributed by atoms with Crippen LogP contribution in [0.15, 0.2) is 18.2 Å². The fourth-order valence-corrected chi connectivity index (χ4v) is 0.500. The van der Waals surface area contributed by atoms with E-state index in [1.807, 2.05) is 6.92 Å². The Labute approximate surface area is 90.3 Å². The van der Waals surface area contributed by atoms with Gasteiger partial charge in [-0.25, -0.2) is 11.6 Å². The first-order valence-corrected chi connectivity index (χ1v) is 4.39. The first kappa shape index (κ1) is 18.0. The van der Waals surface area contributed by atoms with Gasteiger partial charge in [0.2, 0.25) is 0 Å². The molecule has 0 aromatic carbocycles. The van der Waals surface area contributed by atoms with Crippen LogP contribution in [0.25, 0.3) is 0 Å². The van der Waals surface area contributed by atoms with Crippen molar-refractivity contribution in [2.45, 2.75) is 46.5 Å². The molecule has 0 radical (unpaired) electrons. The molecule has 0 heterocycles. The van der Waals surface area contributed by atoms with Crippen LogP contribution in [0.2, 0.25) is 0 Å². The smallest absolute Gasteiger partial charge is 0.293 e.